The molecule has 0 amide bonds. The molecule has 5 heteroatoms. The predicted molar refractivity (Wildman–Crippen MR) is 76.9 cm³/mol. The zero-order valence-corrected chi connectivity index (χ0v) is 11.8. The highest BCUT2D eigenvalue weighted by Crippen LogP contribution is 2.36. The summed E-state index contributed by atoms with van der Waals surface area (Å²) in [5, 5.41) is 3.68. The molecule has 1 aliphatic carbocycles. The molecular weight excluding hydrogens is 272 g/mol. The van der Waals surface area contributed by atoms with Gasteiger partial charge in [-0.25, -0.2) is 13.8 Å². The van der Waals surface area contributed by atoms with Gasteiger partial charge in [0.05, 0.1) is 17.1 Å². The Bertz CT molecular complexity index is 628. The highest BCUT2D eigenvalue weighted by Gasteiger charge is 2.33. The van der Waals surface area contributed by atoms with Crippen molar-refractivity contribution in [2.75, 3.05) is 0 Å². The van der Waals surface area contributed by atoms with E-state index in [0.29, 0.717) is 17.1 Å². The fourth-order valence-electron chi connectivity index (χ4n) is 3.90. The minimum atomic E-state index is -0.843. The van der Waals surface area contributed by atoms with Gasteiger partial charge in [-0.05, 0) is 31.6 Å². The summed E-state index contributed by atoms with van der Waals surface area (Å²) in [6.07, 6.45) is 7.42. The number of aromatic amines is 1. The summed E-state index contributed by atoms with van der Waals surface area (Å²) in [6.45, 7) is 0. The van der Waals surface area contributed by atoms with Crippen LogP contribution in [-0.4, -0.2) is 16.0 Å². The van der Waals surface area contributed by atoms with Crippen molar-refractivity contribution in [1.82, 2.24) is 15.3 Å². The summed E-state index contributed by atoms with van der Waals surface area (Å²) in [4.78, 5) is 7.60. The number of benzene rings is 1. The Labute approximate surface area is 122 Å². The quantitative estimate of drug-likeness (QED) is 0.838. The van der Waals surface area contributed by atoms with Crippen molar-refractivity contribution in [3.05, 3.63) is 29.6 Å². The molecule has 1 aromatic heterocycles. The van der Waals surface area contributed by atoms with Gasteiger partial charge in [0.1, 0.15) is 5.82 Å². The van der Waals surface area contributed by atoms with Crippen LogP contribution in [0, 0.1) is 17.6 Å². The van der Waals surface area contributed by atoms with Crippen LogP contribution in [0.1, 0.15) is 50.4 Å². The van der Waals surface area contributed by atoms with Crippen LogP contribution in [0.2, 0.25) is 0 Å². The van der Waals surface area contributed by atoms with E-state index in [9.17, 15) is 8.78 Å². The van der Waals surface area contributed by atoms with Gasteiger partial charge in [-0.2, -0.15) is 0 Å². The summed E-state index contributed by atoms with van der Waals surface area (Å²) in [7, 11) is 0. The number of nitrogens with zero attached hydrogens (tertiary/aromatic N) is 1. The molecule has 112 valence electrons. The van der Waals surface area contributed by atoms with E-state index in [2.05, 4.69) is 15.3 Å². The molecule has 1 saturated carbocycles. The molecule has 1 saturated heterocycles. The Balaban J connectivity index is 1.61. The molecule has 2 N–H and O–H groups in total. The van der Waals surface area contributed by atoms with Crippen LogP contribution < -0.4 is 5.32 Å². The van der Waals surface area contributed by atoms with Gasteiger partial charge >= 0.3 is 0 Å². The van der Waals surface area contributed by atoms with E-state index in [4.69, 9.17) is 0 Å². The number of hydrogen-bond acceptors (Lipinski definition) is 2. The van der Waals surface area contributed by atoms with Crippen molar-refractivity contribution in [3.8, 4) is 0 Å². The number of H-pyrrole nitrogens is 1. The zero-order chi connectivity index (χ0) is 14.4. The highest BCUT2D eigenvalue weighted by molar-refractivity contribution is 5.75. The second kappa shape index (κ2) is 5.05. The number of aromatic nitrogens is 2. The van der Waals surface area contributed by atoms with Crippen molar-refractivity contribution in [2.24, 2.45) is 5.92 Å². The fraction of sp³-hybridized carbons (Fsp3) is 0.562. The molecule has 3 atom stereocenters. The van der Waals surface area contributed by atoms with Crippen molar-refractivity contribution < 1.29 is 8.78 Å². The Morgan fingerprint density at radius 2 is 1.81 bits per heavy atom. The Morgan fingerprint density at radius 1 is 1.00 bits per heavy atom. The third kappa shape index (κ3) is 2.33. The largest absolute Gasteiger partial charge is 0.341 e. The van der Waals surface area contributed by atoms with Crippen molar-refractivity contribution >= 4 is 11.0 Å². The molecule has 21 heavy (non-hydrogen) atoms. The van der Waals surface area contributed by atoms with Crippen LogP contribution in [0.5, 0.6) is 0 Å². The number of nitrogens with one attached hydrogen (secondary N) is 2. The Kier molecular flexibility index (Phi) is 3.17. The van der Waals surface area contributed by atoms with E-state index in [1.165, 1.54) is 38.2 Å². The summed E-state index contributed by atoms with van der Waals surface area (Å²) in [5.41, 5.74) is 1.06. The lowest BCUT2D eigenvalue weighted by Gasteiger charge is -2.39. The molecule has 0 radical (unpaired) electrons. The molecule has 1 aliphatic heterocycles. The van der Waals surface area contributed by atoms with Gasteiger partial charge in [-0.3, -0.25) is 0 Å². The SMILES string of the molecule is Fc1cc2nc(C3CCC4CCCCC4N3)[nH]c2cc1F. The number of rotatable bonds is 1. The molecule has 2 heterocycles. The van der Waals surface area contributed by atoms with Crippen LogP contribution in [-0.2, 0) is 0 Å². The van der Waals surface area contributed by atoms with Gasteiger partial charge in [0, 0.05) is 18.2 Å². The first-order valence-electron chi connectivity index (χ1n) is 7.81. The standard InChI is InChI=1S/C16H19F2N3/c17-10-7-14-15(8-11(10)18)21-16(20-14)13-6-5-9-3-1-2-4-12(9)19-13/h7-9,12-13,19H,1-6H2,(H,20,21). The second-order valence-electron chi connectivity index (χ2n) is 6.35. The molecule has 2 fully saturated rings. The maximum atomic E-state index is 13.3. The molecule has 3 nitrogen and oxygen atoms in total. The van der Waals surface area contributed by atoms with Gasteiger partial charge in [-0.15, -0.1) is 0 Å². The van der Waals surface area contributed by atoms with Crippen molar-refractivity contribution in [2.45, 2.75) is 50.6 Å². The lowest BCUT2D eigenvalue weighted by Crippen LogP contribution is -2.45. The number of fused-ring (bicyclic) bond motifs is 2. The number of imidazole rings is 1. The van der Waals surface area contributed by atoms with Gasteiger partial charge in [0.2, 0.25) is 0 Å². The average molecular weight is 291 g/mol. The molecule has 2 aromatic rings. The van der Waals surface area contributed by atoms with E-state index in [1.807, 2.05) is 0 Å². The van der Waals surface area contributed by atoms with E-state index in [0.717, 1.165) is 24.2 Å². The first-order valence-corrected chi connectivity index (χ1v) is 7.81. The maximum Gasteiger partial charge on any atom is 0.161 e. The molecular formula is C16H19F2N3. The molecule has 0 bridgehead atoms. The minimum absolute atomic E-state index is 0.169. The lowest BCUT2D eigenvalue weighted by atomic mass is 9.77. The van der Waals surface area contributed by atoms with Gasteiger partial charge in [0.25, 0.3) is 0 Å². The molecule has 1 aromatic carbocycles. The van der Waals surface area contributed by atoms with Crippen LogP contribution >= 0.6 is 0 Å². The topological polar surface area (TPSA) is 40.7 Å². The average Bonchev–Trinajstić information content (AvgIpc) is 2.90. The number of halogens is 2. The Hall–Kier alpha value is -1.49. The fourth-order valence-corrected chi connectivity index (χ4v) is 3.90. The van der Waals surface area contributed by atoms with Gasteiger partial charge < -0.3 is 10.3 Å². The van der Waals surface area contributed by atoms with E-state index >= 15 is 0 Å². The summed E-state index contributed by atoms with van der Waals surface area (Å²) in [5.74, 6) is -0.0839. The van der Waals surface area contributed by atoms with Crippen LogP contribution in [0.4, 0.5) is 8.78 Å². The van der Waals surface area contributed by atoms with Crippen molar-refractivity contribution in [1.29, 1.82) is 0 Å². The highest BCUT2D eigenvalue weighted by atomic mass is 19.2. The van der Waals surface area contributed by atoms with E-state index < -0.39 is 11.6 Å². The van der Waals surface area contributed by atoms with Crippen LogP contribution in [0.15, 0.2) is 12.1 Å². The monoisotopic (exact) mass is 291 g/mol. The first kappa shape index (κ1) is 13.2. The summed E-state index contributed by atoms with van der Waals surface area (Å²) in [6, 6.07) is 3.09. The second-order valence-corrected chi connectivity index (χ2v) is 6.35. The normalized spacial score (nSPS) is 29.5. The third-order valence-electron chi connectivity index (χ3n) is 5.02. The minimum Gasteiger partial charge on any atom is -0.341 e. The first-order chi connectivity index (χ1) is 10.2. The molecule has 0 spiro atoms. The predicted octanol–water partition coefficient (Wildman–Crippen LogP) is 3.82. The van der Waals surface area contributed by atoms with Crippen LogP contribution in [0.3, 0.4) is 0 Å². The maximum absolute atomic E-state index is 13.3. The van der Waals surface area contributed by atoms with Gasteiger partial charge in [-0.1, -0.05) is 12.8 Å². The smallest absolute Gasteiger partial charge is 0.161 e. The van der Waals surface area contributed by atoms with E-state index in [-0.39, 0.29) is 6.04 Å². The zero-order valence-electron chi connectivity index (χ0n) is 11.8. The summed E-state index contributed by atoms with van der Waals surface area (Å²) >= 11 is 0. The number of piperidine rings is 1. The number of hydrogen-bond donors (Lipinski definition) is 2. The molecule has 3 unspecified atom stereocenters. The third-order valence-corrected chi connectivity index (χ3v) is 5.02. The molecule has 2 aliphatic rings. The molecule has 4 rings (SSSR count). The van der Waals surface area contributed by atoms with E-state index in [1.54, 1.807) is 0 Å². The van der Waals surface area contributed by atoms with Gasteiger partial charge in [0.15, 0.2) is 11.6 Å². The summed E-state index contributed by atoms with van der Waals surface area (Å²) < 4.78 is 26.6. The lowest BCUT2D eigenvalue weighted by molar-refractivity contribution is 0.174. The Morgan fingerprint density at radius 3 is 2.71 bits per heavy atom. The van der Waals surface area contributed by atoms with Crippen molar-refractivity contribution in [3.63, 3.8) is 0 Å². The van der Waals surface area contributed by atoms with Crippen LogP contribution in [0.25, 0.3) is 11.0 Å².